The molecule has 1 aliphatic heterocycles. The number of nitriles is 1. The molecule has 2 aromatic carbocycles. The molecular formula is C26H21N3O3. The van der Waals surface area contributed by atoms with Crippen molar-refractivity contribution in [2.75, 3.05) is 19.1 Å². The van der Waals surface area contributed by atoms with E-state index in [1.807, 2.05) is 65.7 Å². The number of anilines is 1. The quantitative estimate of drug-likeness (QED) is 0.544. The number of benzene rings is 2. The summed E-state index contributed by atoms with van der Waals surface area (Å²) in [6.45, 7) is 0. The van der Waals surface area contributed by atoms with Gasteiger partial charge in [0.2, 0.25) is 5.88 Å². The molecule has 0 fully saturated rings. The molecule has 1 unspecified atom stereocenters. The van der Waals surface area contributed by atoms with Crippen molar-refractivity contribution in [2.24, 2.45) is 0 Å². The predicted molar refractivity (Wildman–Crippen MR) is 123 cm³/mol. The van der Waals surface area contributed by atoms with Gasteiger partial charge >= 0.3 is 0 Å². The number of allylic oxidation sites excluding steroid dienone is 2. The number of aromatic nitrogens is 1. The largest absolute Gasteiger partial charge is 0.496 e. The fourth-order valence-corrected chi connectivity index (χ4v) is 3.78. The molecule has 6 nitrogen and oxygen atoms in total. The zero-order chi connectivity index (χ0) is 22.5. The van der Waals surface area contributed by atoms with Crippen LogP contribution in [0.15, 0.2) is 79.1 Å². The molecule has 1 atom stereocenters. The van der Waals surface area contributed by atoms with Crippen molar-refractivity contribution >= 4 is 23.1 Å². The molecular weight excluding hydrogens is 402 g/mol. The molecule has 4 rings (SSSR count). The van der Waals surface area contributed by atoms with E-state index in [2.05, 4.69) is 11.1 Å². The molecule has 1 aromatic heterocycles. The van der Waals surface area contributed by atoms with Gasteiger partial charge < -0.3 is 19.2 Å². The van der Waals surface area contributed by atoms with Crippen molar-refractivity contribution < 1.29 is 14.3 Å². The monoisotopic (exact) mass is 423 g/mol. The van der Waals surface area contributed by atoms with Gasteiger partial charge in [-0.25, -0.2) is 4.98 Å². The van der Waals surface area contributed by atoms with Gasteiger partial charge in [0.1, 0.15) is 18.1 Å². The highest BCUT2D eigenvalue weighted by atomic mass is 16.5. The molecule has 3 aromatic rings. The van der Waals surface area contributed by atoms with Gasteiger partial charge in [-0.2, -0.15) is 5.26 Å². The van der Waals surface area contributed by atoms with Crippen LogP contribution in [0, 0.1) is 11.3 Å². The number of hydrogen-bond acceptors (Lipinski definition) is 6. The molecule has 0 aliphatic carbocycles. The van der Waals surface area contributed by atoms with E-state index >= 15 is 0 Å². The zero-order valence-electron chi connectivity index (χ0n) is 17.7. The summed E-state index contributed by atoms with van der Waals surface area (Å²) in [4.78, 5) is 18.6. The maximum atomic E-state index is 12.3. The van der Waals surface area contributed by atoms with Crippen LogP contribution < -0.4 is 14.4 Å². The molecule has 0 radical (unpaired) electrons. The van der Waals surface area contributed by atoms with Crippen molar-refractivity contribution in [1.29, 1.82) is 5.26 Å². The number of rotatable bonds is 6. The highest BCUT2D eigenvalue weighted by molar-refractivity contribution is 6.00. The van der Waals surface area contributed by atoms with E-state index in [0.29, 0.717) is 22.8 Å². The first-order valence-corrected chi connectivity index (χ1v) is 10.00. The molecule has 0 bridgehead atoms. The number of ether oxygens (including phenoxy) is 2. The summed E-state index contributed by atoms with van der Waals surface area (Å²) in [5.41, 5.74) is 4.31. The Kier molecular flexibility index (Phi) is 6.00. The van der Waals surface area contributed by atoms with E-state index in [4.69, 9.17) is 9.47 Å². The molecule has 0 saturated carbocycles. The second-order valence-corrected chi connectivity index (χ2v) is 7.09. The van der Waals surface area contributed by atoms with Gasteiger partial charge in [0, 0.05) is 35.3 Å². The number of carbonyl (C=O) groups is 1. The van der Waals surface area contributed by atoms with Crippen molar-refractivity contribution in [3.63, 3.8) is 0 Å². The van der Waals surface area contributed by atoms with Gasteiger partial charge in [0.05, 0.1) is 25.9 Å². The lowest BCUT2D eigenvalue weighted by molar-refractivity contribution is -0.107. The van der Waals surface area contributed by atoms with Crippen molar-refractivity contribution in [1.82, 2.24) is 4.98 Å². The third-order valence-electron chi connectivity index (χ3n) is 5.33. The average Bonchev–Trinajstić information content (AvgIpc) is 2.87. The van der Waals surface area contributed by atoms with Crippen LogP contribution in [0.4, 0.5) is 5.69 Å². The minimum Gasteiger partial charge on any atom is -0.496 e. The Bertz CT molecular complexity index is 1240. The van der Waals surface area contributed by atoms with E-state index in [9.17, 15) is 10.1 Å². The number of nitrogens with zero attached hydrogens (tertiary/aromatic N) is 3. The number of pyridine rings is 1. The van der Waals surface area contributed by atoms with Crippen molar-refractivity contribution in [3.8, 4) is 17.7 Å². The Morgan fingerprint density at radius 3 is 2.47 bits per heavy atom. The van der Waals surface area contributed by atoms with Gasteiger partial charge in [0.25, 0.3) is 0 Å². The Morgan fingerprint density at radius 2 is 1.78 bits per heavy atom. The average molecular weight is 423 g/mol. The molecule has 158 valence electrons. The second kappa shape index (κ2) is 9.19. The molecule has 0 saturated heterocycles. The van der Waals surface area contributed by atoms with Crippen LogP contribution in [-0.2, 0) is 4.79 Å². The Hall–Kier alpha value is -4.37. The lowest BCUT2D eigenvalue weighted by Gasteiger charge is -2.33. The van der Waals surface area contributed by atoms with Crippen LogP contribution in [0.3, 0.4) is 0 Å². The van der Waals surface area contributed by atoms with E-state index in [0.717, 1.165) is 28.7 Å². The molecule has 0 amide bonds. The highest BCUT2D eigenvalue weighted by Crippen LogP contribution is 2.38. The summed E-state index contributed by atoms with van der Waals surface area (Å²) < 4.78 is 10.8. The molecule has 6 heteroatoms. The number of hydrogen-bond donors (Lipinski definition) is 0. The van der Waals surface area contributed by atoms with E-state index in [-0.39, 0.29) is 0 Å². The van der Waals surface area contributed by atoms with Crippen LogP contribution in [0.2, 0.25) is 0 Å². The van der Waals surface area contributed by atoms with Gasteiger partial charge in [-0.3, -0.25) is 0 Å². The van der Waals surface area contributed by atoms with Crippen LogP contribution >= 0.6 is 0 Å². The maximum absolute atomic E-state index is 12.3. The van der Waals surface area contributed by atoms with Crippen LogP contribution in [0.1, 0.15) is 16.7 Å². The first kappa shape index (κ1) is 20.9. The fraction of sp³-hybridized carbons (Fsp3) is 0.115. The molecule has 2 heterocycles. The summed E-state index contributed by atoms with van der Waals surface area (Å²) in [5.74, 6) is 1.02. The summed E-state index contributed by atoms with van der Waals surface area (Å²) in [7, 11) is 3.13. The fourth-order valence-electron chi connectivity index (χ4n) is 3.78. The van der Waals surface area contributed by atoms with Crippen molar-refractivity contribution in [3.05, 3.63) is 95.8 Å². The van der Waals surface area contributed by atoms with Crippen LogP contribution in [0.25, 0.3) is 11.1 Å². The van der Waals surface area contributed by atoms with Gasteiger partial charge in [0.15, 0.2) is 0 Å². The van der Waals surface area contributed by atoms with E-state index in [1.165, 1.54) is 0 Å². The zero-order valence-corrected chi connectivity index (χ0v) is 17.7. The Balaban J connectivity index is 1.95. The van der Waals surface area contributed by atoms with Gasteiger partial charge in [-0.1, -0.05) is 36.4 Å². The van der Waals surface area contributed by atoms with Crippen LogP contribution in [-0.4, -0.2) is 31.5 Å². The molecule has 0 spiro atoms. The predicted octanol–water partition coefficient (Wildman–Crippen LogP) is 4.48. The minimum absolute atomic E-state index is 0.437. The summed E-state index contributed by atoms with van der Waals surface area (Å²) in [6.07, 6.45) is 6.39. The Labute approximate surface area is 186 Å². The Morgan fingerprint density at radius 1 is 1.03 bits per heavy atom. The number of aldehydes is 1. The normalized spacial score (nSPS) is 15.3. The van der Waals surface area contributed by atoms with Gasteiger partial charge in [-0.05, 0) is 35.4 Å². The maximum Gasteiger partial charge on any atom is 0.216 e. The number of para-hydroxylation sites is 1. The first-order valence-electron chi connectivity index (χ1n) is 10.00. The third-order valence-corrected chi connectivity index (χ3v) is 5.33. The summed E-state index contributed by atoms with van der Waals surface area (Å²) in [6, 6.07) is 20.3. The summed E-state index contributed by atoms with van der Waals surface area (Å²) in [5, 5.41) is 9.68. The lowest BCUT2D eigenvalue weighted by atomic mass is 9.88. The first-order chi connectivity index (χ1) is 15.7. The van der Waals surface area contributed by atoms with E-state index in [1.54, 1.807) is 32.5 Å². The molecule has 1 aliphatic rings. The molecule has 32 heavy (non-hydrogen) atoms. The molecule has 0 N–H and O–H groups in total. The smallest absolute Gasteiger partial charge is 0.216 e. The van der Waals surface area contributed by atoms with E-state index < -0.39 is 6.04 Å². The number of carbonyl (C=O) groups excluding carboxylic acids is 1. The van der Waals surface area contributed by atoms with Crippen molar-refractivity contribution in [2.45, 2.75) is 6.04 Å². The summed E-state index contributed by atoms with van der Waals surface area (Å²) >= 11 is 0. The minimum atomic E-state index is -0.604. The standard InChI is InChI=1S/C26H21N3O3/c1-31-25-13-26(32-2)28-15-23(25)19-12-22(21-11-7-6-8-18(21)14-27)24(17-30)29(16-19)20-9-4-3-5-10-20/h3-13,15-17,24H,1-2H3. The highest BCUT2D eigenvalue weighted by Gasteiger charge is 2.29. The SMILES string of the molecule is COc1cc(OC)c(C2=CN(c3ccccc3)C(C=O)C(c3ccccc3C#N)=C2)cn1. The topological polar surface area (TPSA) is 75.5 Å². The van der Waals surface area contributed by atoms with Crippen LogP contribution in [0.5, 0.6) is 11.6 Å². The number of methoxy groups -OCH3 is 2. The third kappa shape index (κ3) is 3.84. The lowest BCUT2D eigenvalue weighted by Crippen LogP contribution is -2.35. The van der Waals surface area contributed by atoms with Gasteiger partial charge in [-0.15, -0.1) is 0 Å². The second-order valence-electron chi connectivity index (χ2n) is 7.09.